The Morgan fingerprint density at radius 2 is 1.58 bits per heavy atom. The summed E-state index contributed by atoms with van der Waals surface area (Å²) in [5, 5.41) is 9.31. The standard InChI is InChI=1S/C14H19NO4/c16-12-8-5-6-9(7-8)13(17)15(12)11-4-2-1-3-10(11)14(18)19/h8-11H,1-7H2,(H,18,19). The second kappa shape index (κ2) is 4.62. The summed E-state index contributed by atoms with van der Waals surface area (Å²) in [6, 6.07) is -0.408. The van der Waals surface area contributed by atoms with Gasteiger partial charge < -0.3 is 5.11 Å². The largest absolute Gasteiger partial charge is 0.481 e. The number of piperidine rings is 1. The number of hydrogen-bond donors (Lipinski definition) is 1. The molecule has 4 atom stereocenters. The van der Waals surface area contributed by atoms with Crippen LogP contribution in [0.4, 0.5) is 0 Å². The molecule has 3 rings (SSSR count). The first-order valence-electron chi connectivity index (χ1n) is 7.19. The van der Waals surface area contributed by atoms with Crippen molar-refractivity contribution in [3.8, 4) is 0 Å². The van der Waals surface area contributed by atoms with Crippen LogP contribution in [0.2, 0.25) is 0 Å². The number of rotatable bonds is 2. The highest BCUT2D eigenvalue weighted by Crippen LogP contribution is 2.41. The third kappa shape index (κ3) is 1.95. The van der Waals surface area contributed by atoms with Gasteiger partial charge in [0.15, 0.2) is 0 Å². The molecular formula is C14H19NO4. The molecule has 5 heteroatoms. The highest BCUT2D eigenvalue weighted by molar-refractivity contribution is 6.01. The highest BCUT2D eigenvalue weighted by atomic mass is 16.4. The number of imide groups is 1. The molecule has 1 N–H and O–H groups in total. The molecule has 0 aromatic carbocycles. The molecule has 2 aliphatic carbocycles. The number of carbonyl (C=O) groups excluding carboxylic acids is 2. The molecule has 3 fully saturated rings. The summed E-state index contributed by atoms with van der Waals surface area (Å²) >= 11 is 0. The van der Waals surface area contributed by atoms with Crippen LogP contribution in [-0.2, 0) is 14.4 Å². The van der Waals surface area contributed by atoms with Gasteiger partial charge in [0, 0.05) is 11.8 Å². The van der Waals surface area contributed by atoms with Gasteiger partial charge in [-0.1, -0.05) is 12.8 Å². The van der Waals surface area contributed by atoms with Crippen molar-refractivity contribution >= 4 is 17.8 Å². The molecule has 2 saturated carbocycles. The van der Waals surface area contributed by atoms with E-state index in [9.17, 15) is 19.5 Å². The van der Waals surface area contributed by atoms with Crippen molar-refractivity contribution in [1.82, 2.24) is 4.90 Å². The Labute approximate surface area is 112 Å². The van der Waals surface area contributed by atoms with Crippen LogP contribution in [0.3, 0.4) is 0 Å². The van der Waals surface area contributed by atoms with Gasteiger partial charge in [0.05, 0.1) is 12.0 Å². The molecule has 0 spiro atoms. The lowest BCUT2D eigenvalue weighted by Crippen LogP contribution is -2.56. The van der Waals surface area contributed by atoms with Crippen molar-refractivity contribution in [2.24, 2.45) is 17.8 Å². The Hall–Kier alpha value is -1.39. The zero-order valence-electron chi connectivity index (χ0n) is 10.9. The van der Waals surface area contributed by atoms with E-state index in [2.05, 4.69) is 0 Å². The van der Waals surface area contributed by atoms with Crippen molar-refractivity contribution in [2.75, 3.05) is 0 Å². The molecule has 19 heavy (non-hydrogen) atoms. The molecule has 2 bridgehead atoms. The number of amides is 2. The number of nitrogens with zero attached hydrogens (tertiary/aromatic N) is 1. The van der Waals surface area contributed by atoms with Crippen LogP contribution in [0.15, 0.2) is 0 Å². The van der Waals surface area contributed by atoms with Gasteiger partial charge in [-0.05, 0) is 32.1 Å². The maximum atomic E-state index is 12.4. The van der Waals surface area contributed by atoms with Crippen LogP contribution in [0.5, 0.6) is 0 Å². The number of carbonyl (C=O) groups is 3. The molecule has 3 aliphatic rings. The fourth-order valence-corrected chi connectivity index (χ4v) is 3.97. The second-order valence-electron chi connectivity index (χ2n) is 6.05. The average Bonchev–Trinajstić information content (AvgIpc) is 2.84. The van der Waals surface area contributed by atoms with E-state index in [1.54, 1.807) is 0 Å². The minimum Gasteiger partial charge on any atom is -0.481 e. The topological polar surface area (TPSA) is 74.7 Å². The Kier molecular flexibility index (Phi) is 3.07. The van der Waals surface area contributed by atoms with E-state index in [1.807, 2.05) is 0 Å². The first kappa shape index (κ1) is 12.6. The van der Waals surface area contributed by atoms with Gasteiger partial charge >= 0.3 is 5.97 Å². The van der Waals surface area contributed by atoms with Crippen LogP contribution in [0.25, 0.3) is 0 Å². The molecule has 104 valence electrons. The summed E-state index contributed by atoms with van der Waals surface area (Å²) in [4.78, 5) is 37.4. The summed E-state index contributed by atoms with van der Waals surface area (Å²) < 4.78 is 0. The van der Waals surface area contributed by atoms with Crippen molar-refractivity contribution < 1.29 is 19.5 Å². The summed E-state index contributed by atoms with van der Waals surface area (Å²) in [5.74, 6) is -1.76. The van der Waals surface area contributed by atoms with Gasteiger partial charge in [-0.25, -0.2) is 0 Å². The van der Waals surface area contributed by atoms with Gasteiger partial charge in [0.25, 0.3) is 0 Å². The second-order valence-corrected chi connectivity index (χ2v) is 6.05. The van der Waals surface area contributed by atoms with E-state index in [-0.39, 0.29) is 23.7 Å². The zero-order chi connectivity index (χ0) is 13.6. The van der Waals surface area contributed by atoms with Crippen molar-refractivity contribution in [3.05, 3.63) is 0 Å². The number of carboxylic acid groups (broad SMARTS) is 1. The number of fused-ring (bicyclic) bond motifs is 2. The van der Waals surface area contributed by atoms with Crippen LogP contribution in [0.1, 0.15) is 44.9 Å². The minimum atomic E-state index is -0.872. The predicted molar refractivity (Wildman–Crippen MR) is 66.1 cm³/mol. The van der Waals surface area contributed by atoms with Gasteiger partial charge in [-0.2, -0.15) is 0 Å². The normalized spacial score (nSPS) is 38.6. The third-order valence-corrected chi connectivity index (χ3v) is 4.98. The highest BCUT2D eigenvalue weighted by Gasteiger charge is 2.50. The molecule has 1 aliphatic heterocycles. The summed E-state index contributed by atoms with van der Waals surface area (Å²) in [5.41, 5.74) is 0. The smallest absolute Gasteiger partial charge is 0.308 e. The Morgan fingerprint density at radius 1 is 1.00 bits per heavy atom. The first-order chi connectivity index (χ1) is 9.09. The SMILES string of the molecule is O=C(O)C1CCCCC1N1C(=O)C2CCC(C2)C1=O. The lowest BCUT2D eigenvalue weighted by atomic mass is 9.81. The number of hydrogen-bond acceptors (Lipinski definition) is 3. The van der Waals surface area contributed by atoms with Crippen molar-refractivity contribution in [3.63, 3.8) is 0 Å². The van der Waals surface area contributed by atoms with Gasteiger partial charge in [0.1, 0.15) is 0 Å². The molecule has 0 aromatic rings. The Balaban J connectivity index is 1.88. The quantitative estimate of drug-likeness (QED) is 0.766. The van der Waals surface area contributed by atoms with Crippen LogP contribution in [-0.4, -0.2) is 33.8 Å². The first-order valence-corrected chi connectivity index (χ1v) is 7.19. The van der Waals surface area contributed by atoms with Gasteiger partial charge in [0.2, 0.25) is 11.8 Å². The van der Waals surface area contributed by atoms with Crippen molar-refractivity contribution in [1.29, 1.82) is 0 Å². The molecule has 4 unspecified atom stereocenters. The molecule has 1 heterocycles. The Bertz CT molecular complexity index is 411. The van der Waals surface area contributed by atoms with E-state index < -0.39 is 17.9 Å². The predicted octanol–water partition coefficient (Wildman–Crippen LogP) is 1.41. The van der Waals surface area contributed by atoms with E-state index in [0.717, 1.165) is 25.7 Å². The molecule has 1 saturated heterocycles. The van der Waals surface area contributed by atoms with Crippen LogP contribution < -0.4 is 0 Å². The maximum Gasteiger partial charge on any atom is 0.308 e. The maximum absolute atomic E-state index is 12.4. The van der Waals surface area contributed by atoms with Gasteiger partial charge in [-0.15, -0.1) is 0 Å². The Morgan fingerprint density at radius 3 is 2.16 bits per heavy atom. The molecule has 0 radical (unpaired) electrons. The van der Waals surface area contributed by atoms with E-state index in [0.29, 0.717) is 19.3 Å². The summed E-state index contributed by atoms with van der Waals surface area (Å²) in [7, 11) is 0. The number of aliphatic carboxylic acids is 1. The zero-order valence-corrected chi connectivity index (χ0v) is 10.9. The summed E-state index contributed by atoms with van der Waals surface area (Å²) in [6.07, 6.45) is 5.25. The van der Waals surface area contributed by atoms with Crippen LogP contribution >= 0.6 is 0 Å². The monoisotopic (exact) mass is 265 g/mol. The fraction of sp³-hybridized carbons (Fsp3) is 0.786. The number of carboxylic acids is 1. The van der Waals surface area contributed by atoms with Gasteiger partial charge in [-0.3, -0.25) is 19.3 Å². The lowest BCUT2D eigenvalue weighted by molar-refractivity contribution is -0.161. The average molecular weight is 265 g/mol. The van der Waals surface area contributed by atoms with E-state index in [1.165, 1.54) is 4.90 Å². The third-order valence-electron chi connectivity index (χ3n) is 4.98. The molecular weight excluding hydrogens is 246 g/mol. The summed E-state index contributed by atoms with van der Waals surface area (Å²) in [6.45, 7) is 0. The lowest BCUT2D eigenvalue weighted by Gasteiger charge is -2.40. The van der Waals surface area contributed by atoms with E-state index >= 15 is 0 Å². The minimum absolute atomic E-state index is 0.0425. The molecule has 2 amide bonds. The molecule has 0 aromatic heterocycles. The number of likely N-dealkylation sites (tertiary alicyclic amines) is 1. The molecule has 5 nitrogen and oxygen atoms in total. The fourth-order valence-electron chi connectivity index (χ4n) is 3.97. The van der Waals surface area contributed by atoms with Crippen LogP contribution in [0, 0.1) is 17.8 Å². The van der Waals surface area contributed by atoms with E-state index in [4.69, 9.17) is 0 Å². The van der Waals surface area contributed by atoms with Crippen molar-refractivity contribution in [2.45, 2.75) is 51.0 Å².